The number of rotatable bonds is 5. The van der Waals surface area contributed by atoms with Crippen molar-refractivity contribution in [3.63, 3.8) is 0 Å². The third-order valence-corrected chi connectivity index (χ3v) is 3.11. The summed E-state index contributed by atoms with van der Waals surface area (Å²) in [6, 6.07) is 5.79. The Bertz CT molecular complexity index is 383. The molecular formula is C12H18N2O2. The minimum atomic E-state index is 0.0627. The van der Waals surface area contributed by atoms with Gasteiger partial charge in [0.15, 0.2) is 0 Å². The van der Waals surface area contributed by atoms with E-state index >= 15 is 0 Å². The molecule has 0 unspecified atom stereocenters. The minimum absolute atomic E-state index is 0.0627. The van der Waals surface area contributed by atoms with Crippen LogP contribution in [0, 0.1) is 0 Å². The molecular weight excluding hydrogens is 204 g/mol. The second-order valence-corrected chi connectivity index (χ2v) is 4.21. The van der Waals surface area contributed by atoms with Crippen molar-refractivity contribution in [3.05, 3.63) is 34.7 Å². The highest BCUT2D eigenvalue weighted by Gasteiger charge is 2.27. The summed E-state index contributed by atoms with van der Waals surface area (Å²) < 4.78 is 6.93. The maximum Gasteiger partial charge on any atom is 0.250 e. The third-order valence-electron chi connectivity index (χ3n) is 3.11. The Labute approximate surface area is 95.2 Å². The maximum atomic E-state index is 11.4. The van der Waals surface area contributed by atoms with Crippen LogP contribution in [0.1, 0.15) is 12.8 Å². The Balaban J connectivity index is 1.69. The molecule has 4 nitrogen and oxygen atoms in total. The van der Waals surface area contributed by atoms with Crippen molar-refractivity contribution in [1.29, 1.82) is 0 Å². The second-order valence-electron chi connectivity index (χ2n) is 4.21. The lowest BCUT2D eigenvalue weighted by atomic mass is 9.89. The molecule has 1 aliphatic rings. The molecule has 1 aromatic heterocycles. The molecule has 0 radical (unpaired) electrons. The van der Waals surface area contributed by atoms with E-state index in [0.717, 1.165) is 25.9 Å². The predicted molar refractivity (Wildman–Crippen MR) is 62.5 cm³/mol. The van der Waals surface area contributed by atoms with E-state index in [2.05, 4.69) is 5.32 Å². The van der Waals surface area contributed by atoms with Crippen molar-refractivity contribution in [1.82, 2.24) is 9.88 Å². The molecule has 4 heteroatoms. The van der Waals surface area contributed by atoms with Crippen LogP contribution in [0.15, 0.2) is 29.2 Å². The number of hydrogen-bond donors (Lipinski definition) is 1. The monoisotopic (exact) mass is 222 g/mol. The maximum absolute atomic E-state index is 11.4. The van der Waals surface area contributed by atoms with Crippen molar-refractivity contribution in [2.75, 3.05) is 13.7 Å². The van der Waals surface area contributed by atoms with E-state index in [1.165, 1.54) is 0 Å². The van der Waals surface area contributed by atoms with E-state index < -0.39 is 0 Å². The molecule has 0 aliphatic heterocycles. The van der Waals surface area contributed by atoms with Crippen LogP contribution in [-0.4, -0.2) is 30.4 Å². The van der Waals surface area contributed by atoms with Crippen molar-refractivity contribution < 1.29 is 4.74 Å². The molecule has 1 N–H and O–H groups in total. The molecule has 1 fully saturated rings. The molecule has 1 saturated carbocycles. The fraction of sp³-hybridized carbons (Fsp3) is 0.583. The summed E-state index contributed by atoms with van der Waals surface area (Å²) in [4.78, 5) is 11.4. The average Bonchev–Trinajstić information content (AvgIpc) is 2.24. The lowest BCUT2D eigenvalue weighted by Gasteiger charge is -2.34. The Hall–Kier alpha value is -1.13. The minimum Gasteiger partial charge on any atom is -0.381 e. The average molecular weight is 222 g/mol. The molecule has 2 rings (SSSR count). The van der Waals surface area contributed by atoms with Gasteiger partial charge in [-0.15, -0.1) is 0 Å². The zero-order chi connectivity index (χ0) is 11.4. The van der Waals surface area contributed by atoms with Crippen molar-refractivity contribution >= 4 is 0 Å². The summed E-state index contributed by atoms with van der Waals surface area (Å²) in [7, 11) is 1.75. The van der Waals surface area contributed by atoms with Crippen LogP contribution in [0.5, 0.6) is 0 Å². The van der Waals surface area contributed by atoms with Crippen LogP contribution in [0.25, 0.3) is 0 Å². The van der Waals surface area contributed by atoms with E-state index in [0.29, 0.717) is 12.1 Å². The molecule has 0 amide bonds. The number of methoxy groups -OCH3 is 1. The van der Waals surface area contributed by atoms with Crippen LogP contribution < -0.4 is 10.9 Å². The van der Waals surface area contributed by atoms with E-state index in [9.17, 15) is 4.79 Å². The molecule has 1 aliphatic carbocycles. The zero-order valence-corrected chi connectivity index (χ0v) is 9.56. The van der Waals surface area contributed by atoms with Gasteiger partial charge in [-0.2, -0.15) is 0 Å². The molecule has 0 saturated heterocycles. The second kappa shape index (κ2) is 5.27. The van der Waals surface area contributed by atoms with Gasteiger partial charge in [-0.25, -0.2) is 0 Å². The number of ether oxygens (including phenoxy) is 1. The predicted octanol–water partition coefficient (Wildman–Crippen LogP) is 0.615. The Morgan fingerprint density at radius 3 is 3.00 bits per heavy atom. The highest BCUT2D eigenvalue weighted by Crippen LogP contribution is 2.21. The summed E-state index contributed by atoms with van der Waals surface area (Å²) in [5.74, 6) is 0. The fourth-order valence-corrected chi connectivity index (χ4v) is 1.96. The Morgan fingerprint density at radius 1 is 1.50 bits per heavy atom. The lowest BCUT2D eigenvalue weighted by Crippen LogP contribution is -2.46. The first-order chi connectivity index (χ1) is 7.79. The standard InChI is InChI=1S/C12H18N2O2/c1-16-11-8-10(9-11)13-5-7-14-6-3-2-4-12(14)15/h2-4,6,10-11,13H,5,7-9H2,1H3. The van der Waals surface area contributed by atoms with Gasteiger partial charge < -0.3 is 14.6 Å². The van der Waals surface area contributed by atoms with Gasteiger partial charge in [0, 0.05) is 38.5 Å². The summed E-state index contributed by atoms with van der Waals surface area (Å²) in [6.07, 6.45) is 4.42. The SMILES string of the molecule is COC1CC(NCCn2ccccc2=O)C1. The fourth-order valence-electron chi connectivity index (χ4n) is 1.96. The van der Waals surface area contributed by atoms with Crippen LogP contribution in [0.3, 0.4) is 0 Å². The summed E-state index contributed by atoms with van der Waals surface area (Å²) in [5, 5.41) is 3.42. The van der Waals surface area contributed by atoms with Crippen molar-refractivity contribution in [2.45, 2.75) is 31.5 Å². The van der Waals surface area contributed by atoms with Crippen LogP contribution >= 0.6 is 0 Å². The number of hydrogen-bond acceptors (Lipinski definition) is 3. The normalized spacial score (nSPS) is 24.1. The highest BCUT2D eigenvalue weighted by atomic mass is 16.5. The van der Waals surface area contributed by atoms with E-state index in [4.69, 9.17) is 4.74 Å². The molecule has 16 heavy (non-hydrogen) atoms. The number of nitrogens with zero attached hydrogens (tertiary/aromatic N) is 1. The van der Waals surface area contributed by atoms with Crippen molar-refractivity contribution in [2.24, 2.45) is 0 Å². The van der Waals surface area contributed by atoms with Gasteiger partial charge in [0.1, 0.15) is 0 Å². The first-order valence-electron chi connectivity index (χ1n) is 5.71. The molecule has 88 valence electrons. The third kappa shape index (κ3) is 2.71. The van der Waals surface area contributed by atoms with Crippen molar-refractivity contribution in [3.8, 4) is 0 Å². The Morgan fingerprint density at radius 2 is 2.31 bits per heavy atom. The summed E-state index contributed by atoms with van der Waals surface area (Å²) in [6.45, 7) is 1.57. The molecule has 0 aromatic carbocycles. The Kier molecular flexibility index (Phi) is 3.74. The largest absolute Gasteiger partial charge is 0.381 e. The summed E-state index contributed by atoms with van der Waals surface area (Å²) >= 11 is 0. The van der Waals surface area contributed by atoms with E-state index in [1.807, 2.05) is 12.3 Å². The van der Waals surface area contributed by atoms with Crippen LogP contribution in [0.4, 0.5) is 0 Å². The first-order valence-corrected chi connectivity index (χ1v) is 5.71. The van der Waals surface area contributed by atoms with Crippen LogP contribution in [-0.2, 0) is 11.3 Å². The van der Waals surface area contributed by atoms with Gasteiger partial charge in [-0.3, -0.25) is 4.79 Å². The summed E-state index contributed by atoms with van der Waals surface area (Å²) in [5.41, 5.74) is 0.0627. The lowest BCUT2D eigenvalue weighted by molar-refractivity contribution is 0.0174. The van der Waals surface area contributed by atoms with Gasteiger partial charge in [0.25, 0.3) is 5.56 Å². The molecule has 0 atom stereocenters. The van der Waals surface area contributed by atoms with Gasteiger partial charge in [-0.05, 0) is 18.9 Å². The molecule has 1 heterocycles. The topological polar surface area (TPSA) is 43.3 Å². The molecule has 1 aromatic rings. The number of aromatic nitrogens is 1. The van der Waals surface area contributed by atoms with E-state index in [1.54, 1.807) is 23.8 Å². The molecule has 0 bridgehead atoms. The van der Waals surface area contributed by atoms with Gasteiger partial charge in [-0.1, -0.05) is 6.07 Å². The highest BCUT2D eigenvalue weighted by molar-refractivity contribution is 4.93. The van der Waals surface area contributed by atoms with Crippen LogP contribution in [0.2, 0.25) is 0 Å². The first kappa shape index (κ1) is 11.4. The van der Waals surface area contributed by atoms with Gasteiger partial charge in [0.05, 0.1) is 6.10 Å². The van der Waals surface area contributed by atoms with Gasteiger partial charge >= 0.3 is 0 Å². The van der Waals surface area contributed by atoms with Gasteiger partial charge in [0.2, 0.25) is 0 Å². The quantitative estimate of drug-likeness (QED) is 0.794. The smallest absolute Gasteiger partial charge is 0.250 e. The number of nitrogens with one attached hydrogen (secondary N) is 1. The molecule has 0 spiro atoms. The van der Waals surface area contributed by atoms with E-state index in [-0.39, 0.29) is 5.56 Å². The zero-order valence-electron chi connectivity index (χ0n) is 9.56. The number of pyridine rings is 1.